The zero-order valence-electron chi connectivity index (χ0n) is 19.0. The van der Waals surface area contributed by atoms with Crippen LogP contribution in [0.1, 0.15) is 42.8 Å². The van der Waals surface area contributed by atoms with E-state index in [1.54, 1.807) is 17.0 Å². The van der Waals surface area contributed by atoms with Crippen molar-refractivity contribution in [3.63, 3.8) is 0 Å². The first-order chi connectivity index (χ1) is 15.6. The van der Waals surface area contributed by atoms with Crippen LogP contribution in [0.15, 0.2) is 52.1 Å². The summed E-state index contributed by atoms with van der Waals surface area (Å²) in [4.78, 5) is 30.3. The third-order valence-electron chi connectivity index (χ3n) is 5.08. The van der Waals surface area contributed by atoms with Gasteiger partial charge in [-0.3, -0.25) is 4.79 Å². The zero-order valence-corrected chi connectivity index (χ0v) is 21.3. The van der Waals surface area contributed by atoms with Gasteiger partial charge in [0.05, 0.1) is 19.4 Å². The fourth-order valence-electron chi connectivity index (χ4n) is 3.40. The van der Waals surface area contributed by atoms with Crippen LogP contribution >= 0.6 is 24.0 Å². The van der Waals surface area contributed by atoms with Crippen LogP contribution in [-0.2, 0) is 11.3 Å². The van der Waals surface area contributed by atoms with Crippen molar-refractivity contribution in [2.75, 3.05) is 31.6 Å². The highest BCUT2D eigenvalue weighted by molar-refractivity contribution is 14.0. The number of nitrogens with one attached hydrogen (secondary N) is 3. The molecule has 3 rings (SSSR count). The molecule has 0 radical (unpaired) electrons. The van der Waals surface area contributed by atoms with Crippen molar-refractivity contribution in [2.24, 2.45) is 4.99 Å². The van der Waals surface area contributed by atoms with Gasteiger partial charge in [0.25, 0.3) is 5.91 Å². The number of hydrogen-bond acceptors (Lipinski definition) is 5. The minimum Gasteiger partial charge on any atom is -0.459 e. The third-order valence-corrected chi connectivity index (χ3v) is 5.08. The SMILES string of the molecule is CCNC(=NCc1ccc(NC(=O)c2ccco2)cc1)NC1CCN(C(=O)OCC)CC1.I. The number of rotatable bonds is 7. The first-order valence-electron chi connectivity index (χ1n) is 11.0. The van der Waals surface area contributed by atoms with Crippen molar-refractivity contribution in [3.05, 3.63) is 54.0 Å². The van der Waals surface area contributed by atoms with Gasteiger partial charge < -0.3 is 30.0 Å². The lowest BCUT2D eigenvalue weighted by Crippen LogP contribution is -2.49. The molecule has 0 bridgehead atoms. The average molecular weight is 569 g/mol. The number of guanidine groups is 1. The summed E-state index contributed by atoms with van der Waals surface area (Å²) in [7, 11) is 0. The number of anilines is 1. The largest absolute Gasteiger partial charge is 0.459 e. The van der Waals surface area contributed by atoms with Crippen molar-refractivity contribution in [1.82, 2.24) is 15.5 Å². The van der Waals surface area contributed by atoms with Gasteiger partial charge in [0, 0.05) is 31.4 Å². The van der Waals surface area contributed by atoms with Gasteiger partial charge in [-0.25, -0.2) is 9.79 Å². The number of ether oxygens (including phenoxy) is 1. The van der Waals surface area contributed by atoms with Crippen molar-refractivity contribution in [3.8, 4) is 0 Å². The lowest BCUT2D eigenvalue weighted by atomic mass is 10.1. The van der Waals surface area contributed by atoms with Gasteiger partial charge in [-0.05, 0) is 56.5 Å². The summed E-state index contributed by atoms with van der Waals surface area (Å²) in [5, 5.41) is 9.54. The van der Waals surface area contributed by atoms with Crippen LogP contribution in [0.25, 0.3) is 0 Å². The molecule has 10 heteroatoms. The summed E-state index contributed by atoms with van der Waals surface area (Å²) in [5.74, 6) is 0.735. The van der Waals surface area contributed by atoms with Gasteiger partial charge in [0.1, 0.15) is 0 Å². The zero-order chi connectivity index (χ0) is 22.8. The fraction of sp³-hybridized carbons (Fsp3) is 0.435. The van der Waals surface area contributed by atoms with Crippen molar-refractivity contribution in [2.45, 2.75) is 39.3 Å². The van der Waals surface area contributed by atoms with Crippen molar-refractivity contribution in [1.29, 1.82) is 0 Å². The van der Waals surface area contributed by atoms with Gasteiger partial charge in [0.2, 0.25) is 0 Å². The Bertz CT molecular complexity index is 894. The number of halogens is 1. The number of nitrogens with zero attached hydrogens (tertiary/aromatic N) is 2. The van der Waals surface area contributed by atoms with Gasteiger partial charge in [-0.15, -0.1) is 24.0 Å². The molecule has 1 aliphatic heterocycles. The van der Waals surface area contributed by atoms with Crippen LogP contribution in [0.3, 0.4) is 0 Å². The van der Waals surface area contributed by atoms with E-state index in [2.05, 4.69) is 20.9 Å². The quantitative estimate of drug-likeness (QED) is 0.266. The van der Waals surface area contributed by atoms with Crippen LogP contribution in [0.5, 0.6) is 0 Å². The summed E-state index contributed by atoms with van der Waals surface area (Å²) >= 11 is 0. The van der Waals surface area contributed by atoms with E-state index in [1.807, 2.05) is 38.1 Å². The Morgan fingerprint density at radius 1 is 1.15 bits per heavy atom. The standard InChI is InChI=1S/C23H31N5O4.HI/c1-3-24-22(27-19-11-13-28(14-12-19)23(30)31-4-2)25-16-17-7-9-18(10-8-17)26-21(29)20-6-5-15-32-20;/h5-10,15,19H,3-4,11-14,16H2,1-2H3,(H,26,29)(H2,24,25,27);1H. The topological polar surface area (TPSA) is 108 Å². The number of carbonyl (C=O) groups excluding carboxylic acids is 2. The van der Waals surface area contributed by atoms with E-state index in [1.165, 1.54) is 6.26 Å². The van der Waals surface area contributed by atoms with Crippen molar-refractivity contribution >= 4 is 47.6 Å². The average Bonchev–Trinajstić information content (AvgIpc) is 3.34. The minimum absolute atomic E-state index is 0. The molecular formula is C23H32IN5O4. The van der Waals surface area contributed by atoms with E-state index in [-0.39, 0.29) is 47.8 Å². The minimum atomic E-state index is -0.284. The second-order valence-corrected chi connectivity index (χ2v) is 7.43. The molecule has 2 amide bonds. The molecule has 3 N–H and O–H groups in total. The molecule has 0 aliphatic carbocycles. The van der Waals surface area contributed by atoms with Crippen LogP contribution in [0.2, 0.25) is 0 Å². The molecule has 0 unspecified atom stereocenters. The normalized spacial score (nSPS) is 14.2. The summed E-state index contributed by atoms with van der Waals surface area (Å²) in [6, 6.07) is 11.1. The highest BCUT2D eigenvalue weighted by Crippen LogP contribution is 2.14. The summed E-state index contributed by atoms with van der Waals surface area (Å²) < 4.78 is 10.2. The summed E-state index contributed by atoms with van der Waals surface area (Å²) in [6.07, 6.45) is 2.91. The van der Waals surface area contributed by atoms with E-state index >= 15 is 0 Å². The number of furan rings is 1. The summed E-state index contributed by atoms with van der Waals surface area (Å²) in [6.45, 7) is 6.83. The van der Waals surface area contributed by atoms with Crippen LogP contribution in [0.4, 0.5) is 10.5 Å². The number of carbonyl (C=O) groups is 2. The molecule has 1 aromatic carbocycles. The first-order valence-corrected chi connectivity index (χ1v) is 11.0. The molecule has 0 atom stereocenters. The van der Waals surface area contributed by atoms with Crippen LogP contribution in [0, 0.1) is 0 Å². The Morgan fingerprint density at radius 3 is 2.48 bits per heavy atom. The second kappa shape index (κ2) is 13.7. The van der Waals surface area contributed by atoms with E-state index in [9.17, 15) is 9.59 Å². The lowest BCUT2D eigenvalue weighted by molar-refractivity contribution is 0.0961. The smallest absolute Gasteiger partial charge is 0.409 e. The number of benzene rings is 1. The van der Waals surface area contributed by atoms with Gasteiger partial charge in [-0.2, -0.15) is 0 Å². The van der Waals surface area contributed by atoms with Crippen LogP contribution in [-0.4, -0.2) is 55.1 Å². The fourth-order valence-corrected chi connectivity index (χ4v) is 3.40. The number of likely N-dealkylation sites (tertiary alicyclic amines) is 1. The highest BCUT2D eigenvalue weighted by atomic mass is 127. The highest BCUT2D eigenvalue weighted by Gasteiger charge is 2.24. The summed E-state index contributed by atoms with van der Waals surface area (Å²) in [5.41, 5.74) is 1.72. The molecule has 0 spiro atoms. The Balaban J connectivity index is 0.00000385. The number of hydrogen-bond donors (Lipinski definition) is 3. The molecule has 2 heterocycles. The number of piperidine rings is 1. The predicted molar refractivity (Wildman–Crippen MR) is 138 cm³/mol. The lowest BCUT2D eigenvalue weighted by Gasteiger charge is -2.32. The molecule has 33 heavy (non-hydrogen) atoms. The van der Waals surface area contributed by atoms with E-state index in [0.717, 1.165) is 30.9 Å². The predicted octanol–water partition coefficient (Wildman–Crippen LogP) is 3.83. The molecule has 1 saturated heterocycles. The van der Waals surface area contributed by atoms with Gasteiger partial charge in [0.15, 0.2) is 11.7 Å². The maximum Gasteiger partial charge on any atom is 0.409 e. The molecule has 2 aromatic rings. The number of aliphatic imine (C=N–C) groups is 1. The Labute approximate surface area is 211 Å². The maximum atomic E-state index is 12.1. The Kier molecular flexibility index (Phi) is 11.0. The Morgan fingerprint density at radius 2 is 1.88 bits per heavy atom. The van der Waals surface area contributed by atoms with Gasteiger partial charge in [-0.1, -0.05) is 12.1 Å². The van der Waals surface area contributed by atoms with Gasteiger partial charge >= 0.3 is 6.09 Å². The first kappa shape index (κ1) is 26.5. The van der Waals surface area contributed by atoms with Crippen LogP contribution < -0.4 is 16.0 Å². The molecule has 180 valence electrons. The molecule has 1 aliphatic rings. The molecule has 0 saturated carbocycles. The number of amides is 2. The maximum absolute atomic E-state index is 12.1. The van der Waals surface area contributed by atoms with E-state index < -0.39 is 0 Å². The monoisotopic (exact) mass is 569 g/mol. The Hall–Kier alpha value is -2.76. The van der Waals surface area contributed by atoms with E-state index in [4.69, 9.17) is 9.15 Å². The van der Waals surface area contributed by atoms with Crippen molar-refractivity contribution < 1.29 is 18.7 Å². The van der Waals surface area contributed by atoms with E-state index in [0.29, 0.717) is 31.9 Å². The molecule has 1 fully saturated rings. The molecule has 9 nitrogen and oxygen atoms in total. The third kappa shape index (κ3) is 8.26. The molecule has 1 aromatic heterocycles. The molecular weight excluding hydrogens is 537 g/mol. The second-order valence-electron chi connectivity index (χ2n) is 7.43.